The van der Waals surface area contributed by atoms with E-state index in [1.165, 1.54) is 12.0 Å². The summed E-state index contributed by atoms with van der Waals surface area (Å²) in [4.78, 5) is 77.0. The third-order valence-electron chi connectivity index (χ3n) is 11.1. The molecule has 4 heterocycles. The molecule has 0 saturated carbocycles. The van der Waals surface area contributed by atoms with Crippen LogP contribution in [-0.4, -0.2) is 87.9 Å². The first-order valence-electron chi connectivity index (χ1n) is 18.7. The molecular weight excluding hydrogens is 672 g/mol. The van der Waals surface area contributed by atoms with Crippen molar-refractivity contribution < 1.29 is 33.4 Å². The molecule has 3 aromatic carbocycles. The summed E-state index contributed by atoms with van der Waals surface area (Å²) in [6, 6.07) is 21.9. The standard InChI is InChI=1S/C42H48N4O7/c1-42(2,3)53-41(51)46-32-18-11-10-16-29(32)24-36(46)39(49)45-33(27-13-6-5-7-14-27)20-21-34(45)38(48)44-26-30-17-9-8-15-28(30)23-31(44)25-37(47)43-22-12-19-35(43)40(50)52-4/h5-11,13-18,31,33-36H,12,19-26H2,1-4H3/t31-,33-,34+,35?,36-/m1/s1. The smallest absolute Gasteiger partial charge is 0.415 e. The first-order chi connectivity index (χ1) is 25.4. The highest BCUT2D eigenvalue weighted by molar-refractivity contribution is 6.02. The number of hydrogen-bond donors (Lipinski definition) is 0. The summed E-state index contributed by atoms with van der Waals surface area (Å²) >= 11 is 0. The molecular formula is C42H48N4O7. The summed E-state index contributed by atoms with van der Waals surface area (Å²) < 4.78 is 10.8. The molecule has 4 amide bonds. The summed E-state index contributed by atoms with van der Waals surface area (Å²) in [5.74, 6) is -1.17. The van der Waals surface area contributed by atoms with Crippen molar-refractivity contribution in [2.24, 2.45) is 0 Å². The van der Waals surface area contributed by atoms with E-state index in [-0.39, 0.29) is 24.1 Å². The second kappa shape index (κ2) is 14.7. The maximum absolute atomic E-state index is 15.1. The topological polar surface area (TPSA) is 117 Å². The van der Waals surface area contributed by atoms with Gasteiger partial charge in [-0.15, -0.1) is 0 Å². The molecule has 7 rings (SSSR count). The first kappa shape index (κ1) is 36.2. The largest absolute Gasteiger partial charge is 0.467 e. The molecule has 1 unspecified atom stereocenters. The molecule has 0 spiro atoms. The van der Waals surface area contributed by atoms with E-state index in [4.69, 9.17) is 9.47 Å². The third kappa shape index (κ3) is 7.13. The van der Waals surface area contributed by atoms with E-state index >= 15 is 9.59 Å². The van der Waals surface area contributed by atoms with Gasteiger partial charge in [-0.3, -0.25) is 19.3 Å². The lowest BCUT2D eigenvalue weighted by Crippen LogP contribution is -2.57. The lowest BCUT2D eigenvalue weighted by molar-refractivity contribution is -0.153. The van der Waals surface area contributed by atoms with Gasteiger partial charge in [-0.05, 0) is 81.2 Å². The monoisotopic (exact) mass is 720 g/mol. The first-order valence-corrected chi connectivity index (χ1v) is 18.7. The number of ether oxygens (including phenoxy) is 2. The number of methoxy groups -OCH3 is 1. The van der Waals surface area contributed by atoms with Crippen molar-refractivity contribution >= 4 is 35.5 Å². The summed E-state index contributed by atoms with van der Waals surface area (Å²) in [5, 5.41) is 0. The highest BCUT2D eigenvalue weighted by Crippen LogP contribution is 2.42. The second-order valence-electron chi connectivity index (χ2n) is 15.5. The van der Waals surface area contributed by atoms with Crippen LogP contribution < -0.4 is 4.90 Å². The fourth-order valence-corrected chi connectivity index (χ4v) is 8.64. The van der Waals surface area contributed by atoms with Crippen LogP contribution >= 0.6 is 0 Å². The summed E-state index contributed by atoms with van der Waals surface area (Å²) in [5.41, 5.74) is 3.66. The Morgan fingerprint density at radius 1 is 0.717 bits per heavy atom. The van der Waals surface area contributed by atoms with Gasteiger partial charge in [-0.1, -0.05) is 72.8 Å². The molecule has 0 aliphatic carbocycles. The maximum Gasteiger partial charge on any atom is 0.415 e. The molecule has 11 heteroatoms. The predicted octanol–water partition coefficient (Wildman–Crippen LogP) is 5.59. The quantitative estimate of drug-likeness (QED) is 0.305. The van der Waals surface area contributed by atoms with E-state index in [1.54, 1.807) is 35.5 Å². The number of esters is 1. The maximum atomic E-state index is 15.1. The minimum atomic E-state index is -0.910. The lowest BCUT2D eigenvalue weighted by Gasteiger charge is -2.41. The molecule has 0 radical (unpaired) electrons. The van der Waals surface area contributed by atoms with Crippen LogP contribution in [0.3, 0.4) is 0 Å². The van der Waals surface area contributed by atoms with Crippen molar-refractivity contribution in [2.45, 2.75) is 108 Å². The number of carbonyl (C=O) groups is 5. The number of para-hydroxylation sites is 1. The van der Waals surface area contributed by atoms with Crippen molar-refractivity contribution in [1.82, 2.24) is 14.7 Å². The summed E-state index contributed by atoms with van der Waals surface area (Å²) in [7, 11) is 1.33. The van der Waals surface area contributed by atoms with Crippen LogP contribution in [0.5, 0.6) is 0 Å². The minimum absolute atomic E-state index is 0.0424. The number of rotatable bonds is 6. The van der Waals surface area contributed by atoms with E-state index in [2.05, 4.69) is 0 Å². The van der Waals surface area contributed by atoms with Crippen LogP contribution in [-0.2, 0) is 48.0 Å². The van der Waals surface area contributed by atoms with Gasteiger partial charge in [0.15, 0.2) is 0 Å². The van der Waals surface area contributed by atoms with Gasteiger partial charge < -0.3 is 24.2 Å². The third-order valence-corrected chi connectivity index (χ3v) is 11.1. The number of hydrogen-bond acceptors (Lipinski definition) is 7. The van der Waals surface area contributed by atoms with Crippen LogP contribution in [0, 0.1) is 0 Å². The molecule has 3 aromatic rings. The van der Waals surface area contributed by atoms with Gasteiger partial charge in [-0.25, -0.2) is 9.59 Å². The molecule has 278 valence electrons. The van der Waals surface area contributed by atoms with Gasteiger partial charge in [0.25, 0.3) is 0 Å². The van der Waals surface area contributed by atoms with Crippen LogP contribution in [0.4, 0.5) is 10.5 Å². The van der Waals surface area contributed by atoms with Crippen LogP contribution in [0.25, 0.3) is 0 Å². The number of amides is 4. The minimum Gasteiger partial charge on any atom is -0.467 e. The Morgan fingerprint density at radius 3 is 2.11 bits per heavy atom. The molecule has 0 bridgehead atoms. The Morgan fingerprint density at radius 2 is 1.40 bits per heavy atom. The van der Waals surface area contributed by atoms with E-state index in [0.717, 1.165) is 22.3 Å². The molecule has 2 saturated heterocycles. The van der Waals surface area contributed by atoms with Crippen LogP contribution in [0.2, 0.25) is 0 Å². The average Bonchev–Trinajstić information content (AvgIpc) is 3.91. The van der Waals surface area contributed by atoms with Gasteiger partial charge in [0, 0.05) is 32.0 Å². The van der Waals surface area contributed by atoms with Gasteiger partial charge >= 0.3 is 12.1 Å². The molecule has 0 aromatic heterocycles. The zero-order valence-electron chi connectivity index (χ0n) is 30.9. The molecule has 2 fully saturated rings. The Balaban J connectivity index is 1.23. The zero-order chi connectivity index (χ0) is 37.4. The molecule has 4 aliphatic heterocycles. The van der Waals surface area contributed by atoms with Crippen LogP contribution in [0.15, 0.2) is 78.9 Å². The molecule has 0 N–H and O–H groups in total. The van der Waals surface area contributed by atoms with Gasteiger partial charge in [0.05, 0.1) is 18.8 Å². The Labute approximate surface area is 310 Å². The molecule has 53 heavy (non-hydrogen) atoms. The number of nitrogens with zero attached hydrogens (tertiary/aromatic N) is 4. The van der Waals surface area contributed by atoms with Crippen molar-refractivity contribution in [1.29, 1.82) is 0 Å². The van der Waals surface area contributed by atoms with Crippen LogP contribution in [0.1, 0.15) is 81.2 Å². The fraction of sp³-hybridized carbons (Fsp3) is 0.452. The zero-order valence-corrected chi connectivity index (χ0v) is 30.9. The number of fused-ring (bicyclic) bond motifs is 2. The van der Waals surface area contributed by atoms with E-state index in [0.29, 0.717) is 57.3 Å². The average molecular weight is 721 g/mol. The number of anilines is 1. The Kier molecular flexibility index (Phi) is 10.0. The Bertz CT molecular complexity index is 1890. The van der Waals surface area contributed by atoms with Gasteiger partial charge in [0.2, 0.25) is 17.7 Å². The highest BCUT2D eigenvalue weighted by Gasteiger charge is 2.50. The fourth-order valence-electron chi connectivity index (χ4n) is 8.64. The van der Waals surface area contributed by atoms with Crippen molar-refractivity contribution in [3.8, 4) is 0 Å². The number of carbonyl (C=O) groups excluding carboxylic acids is 5. The predicted molar refractivity (Wildman–Crippen MR) is 198 cm³/mol. The summed E-state index contributed by atoms with van der Waals surface area (Å²) in [6.45, 7) is 6.13. The SMILES string of the molecule is COC(=O)C1CCCN1C(=O)C[C@H]1Cc2ccccc2CN1C(=O)[C@@H]1CC[C@H](c2ccccc2)N1C(=O)[C@H]1Cc2ccccc2N1C(=O)OC(C)(C)C. The van der Waals surface area contributed by atoms with E-state index in [1.807, 2.05) is 78.9 Å². The highest BCUT2D eigenvalue weighted by atomic mass is 16.6. The van der Waals surface area contributed by atoms with E-state index < -0.39 is 47.9 Å². The van der Waals surface area contributed by atoms with Crippen molar-refractivity contribution in [2.75, 3.05) is 18.6 Å². The lowest BCUT2D eigenvalue weighted by atomic mass is 9.91. The van der Waals surface area contributed by atoms with Crippen molar-refractivity contribution in [3.05, 3.63) is 101 Å². The summed E-state index contributed by atoms with van der Waals surface area (Å²) in [6.07, 6.45) is 2.41. The Hall–Kier alpha value is -5.19. The second-order valence-corrected chi connectivity index (χ2v) is 15.5. The number of likely N-dealkylation sites (tertiary alicyclic amines) is 2. The molecule has 11 nitrogen and oxygen atoms in total. The normalized spacial score (nSPS) is 23.7. The van der Waals surface area contributed by atoms with E-state index in [9.17, 15) is 14.4 Å². The molecule has 5 atom stereocenters. The van der Waals surface area contributed by atoms with Gasteiger partial charge in [-0.2, -0.15) is 0 Å². The van der Waals surface area contributed by atoms with Crippen molar-refractivity contribution in [3.63, 3.8) is 0 Å². The molecule has 4 aliphatic rings. The van der Waals surface area contributed by atoms with Gasteiger partial charge in [0.1, 0.15) is 23.7 Å². The number of benzene rings is 3.